The topological polar surface area (TPSA) is 199 Å². The van der Waals surface area contributed by atoms with Crippen LogP contribution in [0, 0.1) is 50.2 Å². The van der Waals surface area contributed by atoms with Crippen molar-refractivity contribution in [2.75, 3.05) is 13.2 Å². The van der Waals surface area contributed by atoms with Crippen LogP contribution < -0.4 is 5.73 Å². The van der Waals surface area contributed by atoms with Crippen molar-refractivity contribution >= 4 is 28.9 Å². The summed E-state index contributed by atoms with van der Waals surface area (Å²) in [5, 5.41) is 0. The third kappa shape index (κ3) is 17.8. The molecule has 24 atom stereocenters. The number of fused-ring (bicyclic) bond motifs is 8. The minimum absolute atomic E-state index is 0.0413. The van der Waals surface area contributed by atoms with Crippen LogP contribution in [-0.2, 0) is 113 Å². The number of carbonyl (C=O) groups excluding carboxylic acids is 2. The molecule has 20 heteroatoms. The molecule has 14 rings (SSSR count). The van der Waals surface area contributed by atoms with Crippen molar-refractivity contribution in [1.29, 1.82) is 0 Å². The summed E-state index contributed by atoms with van der Waals surface area (Å²) in [7, 11) is -4.63. The van der Waals surface area contributed by atoms with E-state index in [4.69, 9.17) is 76.2 Å². The number of ether oxygens (including phenoxy) is 13. The Balaban J connectivity index is 0.825. The summed E-state index contributed by atoms with van der Waals surface area (Å²) in [6, 6.07) is 55.1. The summed E-state index contributed by atoms with van der Waals surface area (Å²) < 4.78 is 109. The number of esters is 1. The summed E-state index contributed by atoms with van der Waals surface area (Å²) in [4.78, 5) is 31.8. The maximum atomic E-state index is 17.6. The second-order valence-electron chi connectivity index (χ2n) is 38.0. The fourth-order valence-corrected chi connectivity index (χ4v) is 28.9. The second-order valence-corrected chi connectivity index (χ2v) is 47.5. The number of hydrogen-bond acceptors (Lipinski definition) is 18. The highest BCUT2D eigenvalue weighted by Crippen LogP contribution is 2.77. The minimum Gasteiger partial charge on any atom is -0.432 e. The molecule has 0 spiro atoms. The van der Waals surface area contributed by atoms with Gasteiger partial charge in [-0.2, -0.15) is 0 Å². The monoisotopic (exact) mass is 1640 g/mol. The molecule has 4 saturated carbocycles. The average molecular weight is 1650 g/mol. The van der Waals surface area contributed by atoms with E-state index in [1.54, 1.807) is 0 Å². The first-order valence-electron chi connectivity index (χ1n) is 44.5. The molecule has 9 aliphatic rings. The lowest BCUT2D eigenvalue weighted by Gasteiger charge is -2.72. The van der Waals surface area contributed by atoms with Gasteiger partial charge in [0.1, 0.15) is 55.1 Å². The molecular formula is C97H137NO17Si2. The summed E-state index contributed by atoms with van der Waals surface area (Å²) >= 11 is 0. The van der Waals surface area contributed by atoms with Crippen LogP contribution in [0.2, 0.25) is 36.3 Å². The number of hydrogen-bond donors (Lipinski definition) is 1. The first kappa shape index (κ1) is 88.1. The largest absolute Gasteiger partial charge is 0.432 e. The van der Waals surface area contributed by atoms with Gasteiger partial charge < -0.3 is 81.0 Å². The molecule has 0 amide bonds. The molecule has 8 fully saturated rings. The van der Waals surface area contributed by atoms with E-state index in [1.165, 1.54) is 11.9 Å². The zero-order valence-electron chi connectivity index (χ0n) is 72.6. The molecule has 4 saturated heterocycles. The average Bonchev–Trinajstić information content (AvgIpc) is 0.992. The molecule has 0 bridgehead atoms. The van der Waals surface area contributed by atoms with Gasteiger partial charge in [0.15, 0.2) is 41.1 Å². The normalized spacial score (nSPS) is 37.1. The SMILES string of the molecule is CC[Si](CC)(CC)OC1CCC2(C)C(CCC3(C)C2CC=C2C4CC(C)(C)CCC4(C(=O)OC4OC(COCc5ccccc5)C(N)C(OCc5ccccc5)C4OC4OC(C)C(OC5OCC(OCc6ccccc6)C(OCc6ccccc6)C5OCc5ccccc5)C5OC(C)(C)OC45)C(O[Si](CC)(CC)CC)CC23C)C1(C)C=O. The van der Waals surface area contributed by atoms with Gasteiger partial charge in [-0.15, -0.1) is 0 Å². The van der Waals surface area contributed by atoms with E-state index in [-0.39, 0.29) is 85.7 Å². The molecule has 640 valence electrons. The minimum atomic E-state index is -2.56. The van der Waals surface area contributed by atoms with Gasteiger partial charge in [0, 0.05) is 0 Å². The zero-order valence-corrected chi connectivity index (χ0v) is 74.6. The summed E-state index contributed by atoms with van der Waals surface area (Å²) in [5.41, 5.74) is 11.2. The molecule has 4 aliphatic heterocycles. The van der Waals surface area contributed by atoms with Crippen molar-refractivity contribution in [3.05, 3.63) is 191 Å². The molecule has 5 aliphatic carbocycles. The predicted octanol–water partition coefficient (Wildman–Crippen LogP) is 18.9. The quantitative estimate of drug-likeness (QED) is 0.0180. The van der Waals surface area contributed by atoms with Crippen LogP contribution >= 0.6 is 0 Å². The maximum Gasteiger partial charge on any atom is 0.317 e. The van der Waals surface area contributed by atoms with Gasteiger partial charge in [-0.1, -0.05) is 246 Å². The Labute approximate surface area is 700 Å². The highest BCUT2D eigenvalue weighted by molar-refractivity contribution is 6.74. The van der Waals surface area contributed by atoms with Gasteiger partial charge >= 0.3 is 5.97 Å². The van der Waals surface area contributed by atoms with E-state index in [0.29, 0.717) is 19.4 Å². The summed E-state index contributed by atoms with van der Waals surface area (Å²) in [5.74, 6) is -1.42. The van der Waals surface area contributed by atoms with E-state index in [9.17, 15) is 4.79 Å². The van der Waals surface area contributed by atoms with Gasteiger partial charge in [-0.05, 0) is 182 Å². The van der Waals surface area contributed by atoms with Gasteiger partial charge in [0.05, 0.1) is 81.4 Å². The van der Waals surface area contributed by atoms with Crippen molar-refractivity contribution in [2.24, 2.45) is 56.0 Å². The summed E-state index contributed by atoms with van der Waals surface area (Å²) in [6.45, 7) is 35.6. The molecular weight excluding hydrogens is 1510 g/mol. The molecule has 5 aromatic rings. The van der Waals surface area contributed by atoms with E-state index < -0.39 is 131 Å². The molecule has 4 heterocycles. The van der Waals surface area contributed by atoms with Crippen LogP contribution in [0.5, 0.6) is 0 Å². The Bertz CT molecular complexity index is 4050. The van der Waals surface area contributed by atoms with Crippen LogP contribution in [0.15, 0.2) is 163 Å². The molecule has 117 heavy (non-hydrogen) atoms. The number of allylic oxidation sites excluding steroid dienone is 2. The van der Waals surface area contributed by atoms with Crippen molar-refractivity contribution < 1.29 is 80.0 Å². The van der Waals surface area contributed by atoms with Crippen molar-refractivity contribution in [2.45, 2.75) is 335 Å². The Hall–Kier alpha value is -5.19. The van der Waals surface area contributed by atoms with E-state index in [1.807, 2.05) is 172 Å². The number of aldehydes is 1. The molecule has 24 unspecified atom stereocenters. The molecule has 2 N–H and O–H groups in total. The Morgan fingerprint density at radius 1 is 0.521 bits per heavy atom. The van der Waals surface area contributed by atoms with Crippen LogP contribution in [0.25, 0.3) is 0 Å². The van der Waals surface area contributed by atoms with Crippen molar-refractivity contribution in [1.82, 2.24) is 0 Å². The lowest BCUT2D eigenvalue weighted by Crippen LogP contribution is -2.70. The van der Waals surface area contributed by atoms with E-state index >= 15 is 4.79 Å². The lowest BCUT2D eigenvalue weighted by molar-refractivity contribution is -0.365. The highest BCUT2D eigenvalue weighted by Gasteiger charge is 2.74. The first-order valence-corrected chi connectivity index (χ1v) is 49.6. The van der Waals surface area contributed by atoms with Crippen LogP contribution in [-0.4, -0.2) is 146 Å². The number of carbonyl (C=O) groups is 2. The van der Waals surface area contributed by atoms with Crippen LogP contribution in [0.1, 0.15) is 189 Å². The van der Waals surface area contributed by atoms with Crippen LogP contribution in [0.3, 0.4) is 0 Å². The number of benzene rings is 5. The van der Waals surface area contributed by atoms with Crippen molar-refractivity contribution in [3.8, 4) is 0 Å². The number of rotatable bonds is 33. The van der Waals surface area contributed by atoms with Crippen LogP contribution in [0.4, 0.5) is 0 Å². The van der Waals surface area contributed by atoms with Gasteiger partial charge in [0.25, 0.3) is 0 Å². The Morgan fingerprint density at radius 2 is 1.03 bits per heavy atom. The second kappa shape index (κ2) is 36.7. The third-order valence-electron chi connectivity index (χ3n) is 30.6. The predicted molar refractivity (Wildman–Crippen MR) is 456 cm³/mol. The summed E-state index contributed by atoms with van der Waals surface area (Å²) in [6.07, 6.45) is -1.68. The van der Waals surface area contributed by atoms with Gasteiger partial charge in [-0.3, -0.25) is 4.79 Å². The molecule has 0 aromatic heterocycles. The Morgan fingerprint density at radius 3 is 1.57 bits per heavy atom. The van der Waals surface area contributed by atoms with E-state index in [0.717, 1.165) is 109 Å². The number of nitrogens with two attached hydrogens (primary N) is 1. The molecule has 5 aromatic carbocycles. The highest BCUT2D eigenvalue weighted by atomic mass is 28.4. The lowest BCUT2D eigenvalue weighted by atomic mass is 9.33. The van der Waals surface area contributed by atoms with E-state index in [2.05, 4.69) is 89.2 Å². The van der Waals surface area contributed by atoms with Crippen molar-refractivity contribution in [3.63, 3.8) is 0 Å². The first-order chi connectivity index (χ1) is 56.2. The third-order valence-corrected chi connectivity index (χ3v) is 39.9. The fraction of sp³-hybridized carbons (Fsp3) is 0.649. The zero-order chi connectivity index (χ0) is 82.8. The maximum absolute atomic E-state index is 17.6. The molecule has 18 nitrogen and oxygen atoms in total. The van der Waals surface area contributed by atoms with Gasteiger partial charge in [-0.25, -0.2) is 0 Å². The fourth-order valence-electron chi connectivity index (χ4n) is 23.1. The smallest absolute Gasteiger partial charge is 0.317 e. The Kier molecular flexibility index (Phi) is 27.6. The van der Waals surface area contributed by atoms with Gasteiger partial charge in [0.2, 0.25) is 6.29 Å². The standard InChI is InChI=1S/C97H137NO17Si2/c1-16-116(17-2,18-3)114-77-50-51-93(12)75(94(77,13)64-99)49-52-95(14)76(93)48-47-71-72-55-91(8,9)53-54-97(72,78(56-96(71,95)15)115-117(19-4,20-5)21-6)90(100)111-88-85(82(104-60-69-43-33-25-34-44-69)79(98)73(108-88)62-101-57-66-37-27-22-28-38-66)110-89-86-83(112-92(10,11)113-86)80(65(7)107-89)109-87-84(105-61-70-45-35-26-36-46-70)81(103-59-68-41-31-24-32-42-68)74(63-106-87)102-58-67-39-29-23-30-40-67/h22-47,64-65,72-89H,16-21,48-63,98H2,1-15H3. The molecule has 0 radical (unpaired) electrons.